The van der Waals surface area contributed by atoms with Crippen LogP contribution in [0.3, 0.4) is 0 Å². The number of fused-ring (bicyclic) bond motifs is 2. The molecule has 1 aromatic heterocycles. The molecule has 1 unspecified atom stereocenters. The molecule has 13 heteroatoms. The monoisotopic (exact) mass is 663 g/mol. The number of nitrogens with one attached hydrogen (secondary N) is 1. The second kappa shape index (κ2) is 13.7. The molecule has 0 saturated heterocycles. The molecule has 4 aromatic rings. The fourth-order valence-electron chi connectivity index (χ4n) is 5.66. The number of carboxylic acids is 1. The number of ether oxygens (including phenoxy) is 2. The summed E-state index contributed by atoms with van der Waals surface area (Å²) in [5.74, 6) is -1.14. The predicted molar refractivity (Wildman–Crippen MR) is 176 cm³/mol. The first kappa shape index (κ1) is 33.9. The van der Waals surface area contributed by atoms with Gasteiger partial charge in [0.1, 0.15) is 27.9 Å². The van der Waals surface area contributed by atoms with E-state index >= 15 is 0 Å². The first-order valence-electron chi connectivity index (χ1n) is 15.6. The minimum absolute atomic E-state index is 0.111. The number of aromatic nitrogens is 3. The van der Waals surface area contributed by atoms with E-state index in [-0.39, 0.29) is 30.5 Å². The molecule has 47 heavy (non-hydrogen) atoms. The van der Waals surface area contributed by atoms with E-state index in [1.54, 1.807) is 49.7 Å². The summed E-state index contributed by atoms with van der Waals surface area (Å²) in [6.07, 6.45) is -0.399. The van der Waals surface area contributed by atoms with Crippen LogP contribution in [0.2, 0.25) is 0 Å². The molecule has 1 amide bonds. The van der Waals surface area contributed by atoms with E-state index in [0.717, 1.165) is 27.8 Å². The molecule has 1 aliphatic rings. The van der Waals surface area contributed by atoms with Gasteiger partial charge in [-0.25, -0.2) is 17.9 Å². The Morgan fingerprint density at radius 2 is 1.83 bits per heavy atom. The molecule has 0 saturated carbocycles. The number of sulfonamides is 1. The Bertz CT molecular complexity index is 1880. The van der Waals surface area contributed by atoms with Gasteiger partial charge in [0.05, 0.1) is 18.5 Å². The van der Waals surface area contributed by atoms with Crippen LogP contribution in [0.25, 0.3) is 11.0 Å². The molecule has 0 radical (unpaired) electrons. The lowest BCUT2D eigenvalue weighted by molar-refractivity contribution is -0.137. The van der Waals surface area contributed by atoms with Gasteiger partial charge in [-0.1, -0.05) is 41.6 Å². The third-order valence-corrected chi connectivity index (χ3v) is 9.76. The number of carbonyl (C=O) groups excluding carboxylic acids is 1. The zero-order chi connectivity index (χ0) is 33.9. The molecule has 1 aliphatic heterocycles. The zero-order valence-corrected chi connectivity index (χ0v) is 28.1. The largest absolute Gasteiger partial charge is 0.488 e. The summed E-state index contributed by atoms with van der Waals surface area (Å²) in [6.45, 7) is 10.4. The van der Waals surface area contributed by atoms with Crippen molar-refractivity contribution in [3.63, 3.8) is 0 Å². The minimum atomic E-state index is -3.84. The number of amides is 1. The SMILES string of the molecule is Cc1ccc(C(CC(=O)O)c2ccc3c(c2)nnn3CCCNC(=O)OC(C)(C)C)cc1CN1C[C@@H](C)Oc2ccccc2S1(=O)=O. The summed E-state index contributed by atoms with van der Waals surface area (Å²) in [5, 5.41) is 21.2. The van der Waals surface area contributed by atoms with Crippen molar-refractivity contribution in [1.82, 2.24) is 24.6 Å². The average Bonchev–Trinajstić information content (AvgIpc) is 3.36. The van der Waals surface area contributed by atoms with Gasteiger partial charge in [0, 0.05) is 25.6 Å². The Morgan fingerprint density at radius 1 is 1.11 bits per heavy atom. The summed E-state index contributed by atoms with van der Waals surface area (Å²) >= 11 is 0. The summed E-state index contributed by atoms with van der Waals surface area (Å²) in [5.41, 5.74) is 4.01. The van der Waals surface area contributed by atoms with Crippen molar-refractivity contribution in [3.8, 4) is 5.75 Å². The van der Waals surface area contributed by atoms with Gasteiger partial charge in [-0.05, 0) is 87.6 Å². The number of benzene rings is 3. The average molecular weight is 664 g/mol. The van der Waals surface area contributed by atoms with Crippen molar-refractivity contribution >= 4 is 33.1 Å². The fraction of sp³-hybridized carbons (Fsp3) is 0.412. The van der Waals surface area contributed by atoms with E-state index in [1.165, 1.54) is 4.31 Å². The first-order chi connectivity index (χ1) is 22.2. The highest BCUT2D eigenvalue weighted by atomic mass is 32.2. The highest BCUT2D eigenvalue weighted by Gasteiger charge is 2.33. The number of aliphatic carboxylic acids is 1. The van der Waals surface area contributed by atoms with Crippen LogP contribution in [0.5, 0.6) is 5.75 Å². The molecular weight excluding hydrogens is 622 g/mol. The Balaban J connectivity index is 1.37. The number of aryl methyl sites for hydroxylation is 2. The van der Waals surface area contributed by atoms with Crippen LogP contribution < -0.4 is 10.1 Å². The number of carboxylic acid groups (broad SMARTS) is 1. The van der Waals surface area contributed by atoms with Crippen LogP contribution in [-0.2, 0) is 32.6 Å². The smallest absolute Gasteiger partial charge is 0.407 e. The van der Waals surface area contributed by atoms with Gasteiger partial charge >= 0.3 is 12.1 Å². The maximum atomic E-state index is 13.7. The number of alkyl carbamates (subject to hydrolysis) is 1. The number of para-hydroxylation sites is 1. The first-order valence-corrected chi connectivity index (χ1v) is 17.0. The van der Waals surface area contributed by atoms with E-state index in [0.29, 0.717) is 30.8 Å². The molecule has 2 atom stereocenters. The third-order valence-electron chi connectivity index (χ3n) is 7.91. The lowest BCUT2D eigenvalue weighted by Crippen LogP contribution is -2.35. The van der Waals surface area contributed by atoms with Crippen LogP contribution in [0.1, 0.15) is 68.7 Å². The lowest BCUT2D eigenvalue weighted by Gasteiger charge is -2.24. The Hall–Kier alpha value is -4.49. The van der Waals surface area contributed by atoms with Crippen LogP contribution >= 0.6 is 0 Å². The molecule has 0 spiro atoms. The normalized spacial score (nSPS) is 16.9. The van der Waals surface area contributed by atoms with Crippen LogP contribution in [0.4, 0.5) is 4.79 Å². The minimum Gasteiger partial charge on any atom is -0.488 e. The van der Waals surface area contributed by atoms with Gasteiger partial charge < -0.3 is 19.9 Å². The van der Waals surface area contributed by atoms with E-state index in [9.17, 15) is 23.1 Å². The molecule has 0 bridgehead atoms. The molecule has 12 nitrogen and oxygen atoms in total. The van der Waals surface area contributed by atoms with Gasteiger partial charge in [-0.2, -0.15) is 4.31 Å². The van der Waals surface area contributed by atoms with Crippen molar-refractivity contribution < 1.29 is 32.6 Å². The second-order valence-electron chi connectivity index (χ2n) is 12.9. The predicted octanol–water partition coefficient (Wildman–Crippen LogP) is 5.23. The third kappa shape index (κ3) is 8.09. The summed E-state index contributed by atoms with van der Waals surface area (Å²) < 4.78 is 41.7. The quantitative estimate of drug-likeness (QED) is 0.217. The van der Waals surface area contributed by atoms with Gasteiger partial charge in [0.2, 0.25) is 10.0 Å². The van der Waals surface area contributed by atoms with Crippen molar-refractivity contribution in [2.75, 3.05) is 13.1 Å². The Labute approximate surface area is 274 Å². The number of hydrogen-bond acceptors (Lipinski definition) is 8. The highest BCUT2D eigenvalue weighted by Crippen LogP contribution is 2.34. The highest BCUT2D eigenvalue weighted by molar-refractivity contribution is 7.89. The van der Waals surface area contributed by atoms with Crippen LogP contribution in [0.15, 0.2) is 65.6 Å². The van der Waals surface area contributed by atoms with Crippen molar-refractivity contribution in [3.05, 3.63) is 82.9 Å². The fourth-order valence-corrected chi connectivity index (χ4v) is 7.28. The summed E-state index contributed by atoms with van der Waals surface area (Å²) in [7, 11) is -3.84. The van der Waals surface area contributed by atoms with E-state index < -0.39 is 33.6 Å². The van der Waals surface area contributed by atoms with Gasteiger partial charge in [0.15, 0.2) is 0 Å². The standard InChI is InChI=1S/C34H41N5O7S/c1-22-11-12-24(17-26(22)21-38-20-23(2)45-30-9-6-7-10-31(30)47(38,43)44)27(19-32(40)41)25-13-14-29-28(18-25)36-37-39(29)16-8-15-35-33(42)46-34(3,4)5/h6-7,9-14,17-18,23,27H,8,15-16,19-21H2,1-5H3,(H,35,42)(H,40,41)/t23-,27?/m1/s1. The molecular formula is C34H41N5O7S. The Morgan fingerprint density at radius 3 is 2.57 bits per heavy atom. The maximum Gasteiger partial charge on any atom is 0.407 e. The van der Waals surface area contributed by atoms with Crippen LogP contribution in [0, 0.1) is 6.92 Å². The van der Waals surface area contributed by atoms with Crippen molar-refractivity contribution in [1.29, 1.82) is 0 Å². The lowest BCUT2D eigenvalue weighted by atomic mass is 9.86. The maximum absolute atomic E-state index is 13.7. The number of hydrogen-bond donors (Lipinski definition) is 2. The molecule has 0 fully saturated rings. The molecule has 3 aromatic carbocycles. The number of rotatable bonds is 10. The van der Waals surface area contributed by atoms with Gasteiger partial charge in [-0.15, -0.1) is 5.10 Å². The number of nitrogens with zero attached hydrogens (tertiary/aromatic N) is 4. The Kier molecular flexibility index (Phi) is 9.87. The molecule has 2 heterocycles. The van der Waals surface area contributed by atoms with Crippen molar-refractivity contribution in [2.45, 2.75) is 83.1 Å². The number of carbonyl (C=O) groups is 2. The molecule has 250 valence electrons. The van der Waals surface area contributed by atoms with E-state index in [1.807, 2.05) is 50.2 Å². The van der Waals surface area contributed by atoms with E-state index in [4.69, 9.17) is 9.47 Å². The van der Waals surface area contributed by atoms with Gasteiger partial charge in [-0.3, -0.25) is 4.79 Å². The second-order valence-corrected chi connectivity index (χ2v) is 14.8. The molecule has 5 rings (SSSR count). The zero-order valence-electron chi connectivity index (χ0n) is 27.3. The van der Waals surface area contributed by atoms with Crippen LogP contribution in [-0.4, -0.2) is 69.7 Å². The summed E-state index contributed by atoms with van der Waals surface area (Å²) in [4.78, 5) is 24.1. The molecule has 2 N–H and O–H groups in total. The van der Waals surface area contributed by atoms with Gasteiger partial charge in [0.25, 0.3) is 0 Å². The van der Waals surface area contributed by atoms with E-state index in [2.05, 4.69) is 15.6 Å². The van der Waals surface area contributed by atoms with Crippen molar-refractivity contribution in [2.24, 2.45) is 0 Å². The topological polar surface area (TPSA) is 153 Å². The molecule has 0 aliphatic carbocycles. The summed E-state index contributed by atoms with van der Waals surface area (Å²) in [6, 6.07) is 17.9.